The molecule has 1 aliphatic heterocycles. The first-order valence-electron chi connectivity index (χ1n) is 8.08. The summed E-state index contributed by atoms with van der Waals surface area (Å²) in [6.45, 7) is 0. The SMILES string of the molecule is c1ccc(N2[C@H](c3nc4ccccc4s3)C23CCCC3)cc1. The molecule has 1 aliphatic carbocycles. The Bertz CT molecular complexity index is 785. The van der Waals surface area contributed by atoms with Crippen LogP contribution in [-0.2, 0) is 0 Å². The summed E-state index contributed by atoms with van der Waals surface area (Å²) in [6.07, 6.45) is 5.32. The number of fused-ring (bicyclic) bond motifs is 1. The van der Waals surface area contributed by atoms with Crippen molar-refractivity contribution in [3.05, 3.63) is 59.6 Å². The van der Waals surface area contributed by atoms with Crippen LogP contribution in [0, 0.1) is 0 Å². The topological polar surface area (TPSA) is 15.9 Å². The van der Waals surface area contributed by atoms with Crippen LogP contribution in [0.4, 0.5) is 5.69 Å². The Balaban J connectivity index is 1.60. The van der Waals surface area contributed by atoms with E-state index in [0.717, 1.165) is 5.52 Å². The van der Waals surface area contributed by atoms with Crippen LogP contribution in [0.1, 0.15) is 36.7 Å². The Morgan fingerprint density at radius 1 is 0.955 bits per heavy atom. The smallest absolute Gasteiger partial charge is 0.119 e. The average Bonchev–Trinajstić information content (AvgIpc) is 2.90. The molecule has 0 unspecified atom stereocenters. The third-order valence-corrected chi connectivity index (χ3v) is 6.32. The van der Waals surface area contributed by atoms with E-state index in [2.05, 4.69) is 59.5 Å². The van der Waals surface area contributed by atoms with Crippen molar-refractivity contribution < 1.29 is 0 Å². The Morgan fingerprint density at radius 3 is 2.45 bits per heavy atom. The number of hydrogen-bond donors (Lipinski definition) is 0. The highest BCUT2D eigenvalue weighted by molar-refractivity contribution is 7.18. The Kier molecular flexibility index (Phi) is 2.62. The summed E-state index contributed by atoms with van der Waals surface area (Å²) in [6, 6.07) is 19.9. The van der Waals surface area contributed by atoms with Gasteiger partial charge >= 0.3 is 0 Å². The highest BCUT2D eigenvalue weighted by Crippen LogP contribution is 2.63. The predicted molar refractivity (Wildman–Crippen MR) is 92.5 cm³/mol. The first kappa shape index (κ1) is 12.7. The largest absolute Gasteiger partial charge is 0.351 e. The molecule has 3 heteroatoms. The van der Waals surface area contributed by atoms with Gasteiger partial charge in [-0.15, -0.1) is 11.3 Å². The summed E-state index contributed by atoms with van der Waals surface area (Å²) in [4.78, 5) is 7.57. The maximum atomic E-state index is 4.95. The van der Waals surface area contributed by atoms with Gasteiger partial charge < -0.3 is 4.90 Å². The number of nitrogens with zero attached hydrogens (tertiary/aromatic N) is 2. The van der Waals surface area contributed by atoms with Gasteiger partial charge in [-0.25, -0.2) is 4.98 Å². The molecule has 2 aliphatic rings. The summed E-state index contributed by atoms with van der Waals surface area (Å²) < 4.78 is 1.31. The lowest BCUT2D eigenvalue weighted by molar-refractivity contribution is 0.645. The maximum absolute atomic E-state index is 4.95. The molecule has 1 spiro atoms. The molecular formula is C19H18N2S. The van der Waals surface area contributed by atoms with Crippen molar-refractivity contribution in [2.75, 3.05) is 4.90 Å². The number of aromatic nitrogens is 1. The number of rotatable bonds is 2. The molecule has 0 radical (unpaired) electrons. The van der Waals surface area contributed by atoms with E-state index >= 15 is 0 Å². The molecule has 0 bridgehead atoms. The molecular weight excluding hydrogens is 288 g/mol. The molecule has 3 aromatic rings. The van der Waals surface area contributed by atoms with Crippen molar-refractivity contribution >= 4 is 27.2 Å². The summed E-state index contributed by atoms with van der Waals surface area (Å²) in [7, 11) is 0. The lowest BCUT2D eigenvalue weighted by Crippen LogP contribution is -2.12. The number of benzene rings is 2. The average molecular weight is 306 g/mol. The minimum Gasteiger partial charge on any atom is -0.351 e. The van der Waals surface area contributed by atoms with Crippen LogP contribution < -0.4 is 4.90 Å². The predicted octanol–water partition coefficient (Wildman–Crippen LogP) is 5.17. The van der Waals surface area contributed by atoms with E-state index in [-0.39, 0.29) is 0 Å². The monoisotopic (exact) mass is 306 g/mol. The molecule has 5 rings (SSSR count). The lowest BCUT2D eigenvalue weighted by Gasteiger charge is -2.10. The molecule has 1 atom stereocenters. The summed E-state index contributed by atoms with van der Waals surface area (Å²) in [5.41, 5.74) is 2.85. The van der Waals surface area contributed by atoms with Gasteiger partial charge in [0.15, 0.2) is 0 Å². The summed E-state index contributed by atoms with van der Waals surface area (Å²) >= 11 is 1.87. The van der Waals surface area contributed by atoms with Crippen molar-refractivity contribution in [3.8, 4) is 0 Å². The fraction of sp³-hybridized carbons (Fsp3) is 0.316. The molecule has 1 saturated heterocycles. The molecule has 2 nitrogen and oxygen atoms in total. The van der Waals surface area contributed by atoms with Crippen LogP contribution in [0.25, 0.3) is 10.2 Å². The van der Waals surface area contributed by atoms with Crippen LogP contribution in [0.3, 0.4) is 0 Å². The minimum absolute atomic E-state index is 0.342. The van der Waals surface area contributed by atoms with Gasteiger partial charge in [-0.2, -0.15) is 0 Å². The zero-order chi connectivity index (χ0) is 14.6. The number of anilines is 1. The molecule has 1 aromatic heterocycles. The summed E-state index contributed by atoms with van der Waals surface area (Å²) in [5, 5.41) is 1.30. The van der Waals surface area contributed by atoms with E-state index in [0.29, 0.717) is 11.6 Å². The van der Waals surface area contributed by atoms with E-state index in [1.54, 1.807) is 0 Å². The number of thiazole rings is 1. The van der Waals surface area contributed by atoms with Crippen molar-refractivity contribution in [3.63, 3.8) is 0 Å². The van der Waals surface area contributed by atoms with Crippen LogP contribution in [0.15, 0.2) is 54.6 Å². The fourth-order valence-corrected chi connectivity index (χ4v) is 5.39. The van der Waals surface area contributed by atoms with Crippen LogP contribution in [0.2, 0.25) is 0 Å². The van der Waals surface area contributed by atoms with E-state index < -0.39 is 0 Å². The Labute approximate surface area is 134 Å². The molecule has 110 valence electrons. The van der Waals surface area contributed by atoms with Gasteiger partial charge in [0, 0.05) is 5.69 Å². The van der Waals surface area contributed by atoms with Gasteiger partial charge in [-0.05, 0) is 37.1 Å². The fourth-order valence-electron chi connectivity index (χ4n) is 4.22. The molecule has 22 heavy (non-hydrogen) atoms. The highest BCUT2D eigenvalue weighted by atomic mass is 32.1. The summed E-state index contributed by atoms with van der Waals surface area (Å²) in [5.74, 6) is 0. The first-order chi connectivity index (χ1) is 10.9. The first-order valence-corrected chi connectivity index (χ1v) is 8.90. The van der Waals surface area contributed by atoms with E-state index in [9.17, 15) is 0 Å². The minimum atomic E-state index is 0.342. The number of hydrogen-bond acceptors (Lipinski definition) is 3. The van der Waals surface area contributed by atoms with Crippen molar-refractivity contribution in [2.45, 2.75) is 37.3 Å². The highest BCUT2D eigenvalue weighted by Gasteiger charge is 2.65. The van der Waals surface area contributed by atoms with E-state index in [4.69, 9.17) is 4.98 Å². The normalized spacial score (nSPS) is 22.5. The zero-order valence-corrected chi connectivity index (χ0v) is 13.2. The molecule has 2 heterocycles. The lowest BCUT2D eigenvalue weighted by atomic mass is 10.0. The van der Waals surface area contributed by atoms with Gasteiger partial charge in [0.05, 0.1) is 15.8 Å². The van der Waals surface area contributed by atoms with Gasteiger partial charge in [-0.3, -0.25) is 0 Å². The van der Waals surface area contributed by atoms with E-state index in [1.807, 2.05) is 11.3 Å². The van der Waals surface area contributed by atoms with Crippen LogP contribution in [-0.4, -0.2) is 10.5 Å². The van der Waals surface area contributed by atoms with Gasteiger partial charge in [0.2, 0.25) is 0 Å². The van der Waals surface area contributed by atoms with E-state index in [1.165, 1.54) is 41.1 Å². The third-order valence-electron chi connectivity index (χ3n) is 5.23. The molecule has 0 amide bonds. The second-order valence-electron chi connectivity index (χ2n) is 6.44. The number of para-hydroxylation sites is 2. The second-order valence-corrected chi connectivity index (χ2v) is 7.50. The van der Waals surface area contributed by atoms with Gasteiger partial charge in [0.25, 0.3) is 0 Å². The van der Waals surface area contributed by atoms with Crippen molar-refractivity contribution in [1.82, 2.24) is 4.98 Å². The Hall–Kier alpha value is -1.87. The maximum Gasteiger partial charge on any atom is 0.119 e. The second kappa shape index (κ2) is 4.56. The Morgan fingerprint density at radius 2 is 1.68 bits per heavy atom. The van der Waals surface area contributed by atoms with Gasteiger partial charge in [-0.1, -0.05) is 43.2 Å². The standard InChI is InChI=1S/C19H18N2S/c1-2-8-14(9-3-1)21-17(19(21)12-6-7-13-19)18-20-15-10-4-5-11-16(15)22-18/h1-5,8-11,17H,6-7,12-13H2/t17-,21?/m1/s1. The van der Waals surface area contributed by atoms with Crippen LogP contribution in [0.5, 0.6) is 0 Å². The molecule has 1 saturated carbocycles. The molecule has 2 aromatic carbocycles. The van der Waals surface area contributed by atoms with Crippen molar-refractivity contribution in [2.24, 2.45) is 0 Å². The van der Waals surface area contributed by atoms with Crippen LogP contribution >= 0.6 is 11.3 Å². The molecule has 0 N–H and O–H groups in total. The third kappa shape index (κ3) is 1.69. The zero-order valence-electron chi connectivity index (χ0n) is 12.4. The van der Waals surface area contributed by atoms with Gasteiger partial charge in [0.1, 0.15) is 11.0 Å². The quantitative estimate of drug-likeness (QED) is 0.607. The van der Waals surface area contributed by atoms with Crippen molar-refractivity contribution in [1.29, 1.82) is 0 Å². The molecule has 2 fully saturated rings.